The van der Waals surface area contributed by atoms with Crippen LogP contribution < -0.4 is 5.32 Å². The fourth-order valence-corrected chi connectivity index (χ4v) is 3.14. The van der Waals surface area contributed by atoms with Gasteiger partial charge < -0.3 is 15.2 Å². The number of halogens is 3. The van der Waals surface area contributed by atoms with Crippen LogP contribution >= 0.6 is 0 Å². The summed E-state index contributed by atoms with van der Waals surface area (Å²) in [6.07, 6.45) is -1.33. The largest absolute Gasteiger partial charge is 0.490 e. The Morgan fingerprint density at radius 1 is 1.41 bits per heavy atom. The summed E-state index contributed by atoms with van der Waals surface area (Å²) >= 11 is 0. The summed E-state index contributed by atoms with van der Waals surface area (Å²) in [6.45, 7) is 5.10. The first-order chi connectivity index (χ1) is 12.6. The van der Waals surface area contributed by atoms with Crippen LogP contribution in [0.1, 0.15) is 25.5 Å². The molecule has 2 saturated heterocycles. The van der Waals surface area contributed by atoms with Gasteiger partial charge in [-0.3, -0.25) is 14.7 Å². The van der Waals surface area contributed by atoms with Crippen LogP contribution in [0.25, 0.3) is 0 Å². The topological polar surface area (TPSA) is 91.8 Å². The van der Waals surface area contributed by atoms with Crippen molar-refractivity contribution in [2.75, 3.05) is 19.7 Å². The highest BCUT2D eigenvalue weighted by molar-refractivity contribution is 5.78. The molecule has 2 fully saturated rings. The van der Waals surface area contributed by atoms with Gasteiger partial charge in [-0.1, -0.05) is 6.07 Å². The second-order valence-electron chi connectivity index (χ2n) is 6.54. The number of amides is 1. The van der Waals surface area contributed by atoms with Crippen molar-refractivity contribution < 1.29 is 32.6 Å². The molecule has 0 bridgehead atoms. The number of nitrogens with zero attached hydrogens (tertiary/aromatic N) is 2. The van der Waals surface area contributed by atoms with E-state index in [0.29, 0.717) is 0 Å². The van der Waals surface area contributed by atoms with Crippen LogP contribution in [-0.4, -0.2) is 64.4 Å². The highest BCUT2D eigenvalue weighted by atomic mass is 19.4. The smallest absolute Gasteiger partial charge is 0.475 e. The summed E-state index contributed by atoms with van der Waals surface area (Å²) in [5.74, 6) is -2.76. The summed E-state index contributed by atoms with van der Waals surface area (Å²) in [5, 5.41) is 10.1. The van der Waals surface area contributed by atoms with Crippen molar-refractivity contribution in [2.45, 2.75) is 44.1 Å². The Balaban J connectivity index is 0.000000321. The Morgan fingerprint density at radius 3 is 2.52 bits per heavy atom. The molecule has 2 N–H and O–H groups in total. The van der Waals surface area contributed by atoms with Crippen LogP contribution in [0, 0.1) is 0 Å². The average molecular weight is 389 g/mol. The zero-order valence-corrected chi connectivity index (χ0v) is 14.8. The number of pyridine rings is 1. The monoisotopic (exact) mass is 389 g/mol. The lowest BCUT2D eigenvalue weighted by molar-refractivity contribution is -0.192. The fourth-order valence-electron chi connectivity index (χ4n) is 3.14. The number of nitrogens with one attached hydrogen (secondary N) is 1. The number of aromatic nitrogens is 1. The number of rotatable bonds is 2. The molecule has 1 aromatic rings. The number of carboxylic acid groups (broad SMARTS) is 1. The molecule has 0 aromatic carbocycles. The third-order valence-corrected chi connectivity index (χ3v) is 4.71. The SMILES string of the molecule is CC1NC(=O)COC12CCN(Cc1ccccn1)CC2.O=C(O)C(F)(F)F. The first-order valence-electron chi connectivity index (χ1n) is 8.48. The molecule has 10 heteroatoms. The van der Waals surface area contributed by atoms with Crippen molar-refractivity contribution in [3.63, 3.8) is 0 Å². The van der Waals surface area contributed by atoms with E-state index in [-0.39, 0.29) is 24.2 Å². The number of ether oxygens (including phenoxy) is 1. The first-order valence-corrected chi connectivity index (χ1v) is 8.48. The second kappa shape index (κ2) is 8.66. The van der Waals surface area contributed by atoms with E-state index in [9.17, 15) is 18.0 Å². The molecule has 0 radical (unpaired) electrons. The third kappa shape index (κ3) is 5.90. The van der Waals surface area contributed by atoms with Crippen molar-refractivity contribution in [3.8, 4) is 0 Å². The number of alkyl halides is 3. The number of carboxylic acids is 1. The molecular weight excluding hydrogens is 367 g/mol. The molecule has 1 amide bonds. The summed E-state index contributed by atoms with van der Waals surface area (Å²) < 4.78 is 37.6. The highest BCUT2D eigenvalue weighted by Crippen LogP contribution is 2.32. The second-order valence-corrected chi connectivity index (χ2v) is 6.54. The molecule has 3 rings (SSSR count). The standard InChI is InChI=1S/C15H21N3O2.C2HF3O2/c1-12-15(20-11-14(19)17-12)5-8-18(9-6-15)10-13-4-2-3-7-16-13;3-2(4,5)1(6)7/h2-4,7,12H,5-6,8-11H2,1H3,(H,17,19);(H,6,7). The molecule has 27 heavy (non-hydrogen) atoms. The molecule has 0 saturated carbocycles. The lowest BCUT2D eigenvalue weighted by atomic mass is 9.83. The molecule has 1 spiro atoms. The van der Waals surface area contributed by atoms with E-state index in [0.717, 1.165) is 38.2 Å². The van der Waals surface area contributed by atoms with Crippen LogP contribution in [0.3, 0.4) is 0 Å². The summed E-state index contributed by atoms with van der Waals surface area (Å²) in [5.41, 5.74) is 0.934. The Morgan fingerprint density at radius 2 is 2.04 bits per heavy atom. The number of hydrogen-bond acceptors (Lipinski definition) is 5. The molecule has 1 unspecified atom stereocenters. The number of aliphatic carboxylic acids is 1. The van der Waals surface area contributed by atoms with E-state index < -0.39 is 12.1 Å². The van der Waals surface area contributed by atoms with Gasteiger partial charge in [0.1, 0.15) is 6.61 Å². The molecule has 7 nitrogen and oxygen atoms in total. The Hall–Kier alpha value is -2.20. The molecule has 1 atom stereocenters. The number of likely N-dealkylation sites (tertiary alicyclic amines) is 1. The van der Waals surface area contributed by atoms with Crippen molar-refractivity contribution in [1.29, 1.82) is 0 Å². The van der Waals surface area contributed by atoms with E-state index in [4.69, 9.17) is 14.6 Å². The van der Waals surface area contributed by atoms with Gasteiger partial charge in [-0.2, -0.15) is 13.2 Å². The highest BCUT2D eigenvalue weighted by Gasteiger charge is 2.44. The Labute approximate surface area is 154 Å². The van der Waals surface area contributed by atoms with E-state index in [1.807, 2.05) is 25.3 Å². The molecular formula is C17H22F3N3O4. The molecule has 0 aliphatic carbocycles. The van der Waals surface area contributed by atoms with E-state index in [1.54, 1.807) is 0 Å². The zero-order valence-electron chi connectivity index (χ0n) is 14.8. The van der Waals surface area contributed by atoms with Crippen LogP contribution in [-0.2, 0) is 20.9 Å². The lowest BCUT2D eigenvalue weighted by Gasteiger charge is -2.47. The van der Waals surface area contributed by atoms with E-state index >= 15 is 0 Å². The quantitative estimate of drug-likeness (QED) is 0.798. The van der Waals surface area contributed by atoms with Gasteiger partial charge in [0.15, 0.2) is 0 Å². The maximum absolute atomic E-state index is 11.4. The van der Waals surface area contributed by atoms with Gasteiger partial charge in [-0.05, 0) is 31.9 Å². The van der Waals surface area contributed by atoms with Gasteiger partial charge in [0.2, 0.25) is 5.91 Å². The molecule has 2 aliphatic heterocycles. The normalized spacial score (nSPS) is 22.5. The number of carbonyl (C=O) groups is 2. The first kappa shape index (κ1) is 21.1. The van der Waals surface area contributed by atoms with E-state index in [1.165, 1.54) is 0 Å². The zero-order chi connectivity index (χ0) is 20.1. The minimum absolute atomic E-state index is 0.000889. The third-order valence-electron chi connectivity index (χ3n) is 4.71. The molecule has 2 aliphatic rings. The fraction of sp³-hybridized carbons (Fsp3) is 0.588. The average Bonchev–Trinajstić information content (AvgIpc) is 2.61. The number of hydrogen-bond donors (Lipinski definition) is 2. The van der Waals surface area contributed by atoms with Gasteiger partial charge >= 0.3 is 12.1 Å². The van der Waals surface area contributed by atoms with Gasteiger partial charge in [0.05, 0.1) is 17.3 Å². The number of morpholine rings is 1. The van der Waals surface area contributed by atoms with Gasteiger partial charge in [0, 0.05) is 25.8 Å². The maximum Gasteiger partial charge on any atom is 0.490 e. The maximum atomic E-state index is 11.4. The summed E-state index contributed by atoms with van der Waals surface area (Å²) in [4.78, 5) is 27.0. The number of piperidine rings is 1. The van der Waals surface area contributed by atoms with Crippen LogP contribution in [0.5, 0.6) is 0 Å². The number of carbonyl (C=O) groups excluding carboxylic acids is 1. The molecule has 3 heterocycles. The Bertz CT molecular complexity index is 647. The summed E-state index contributed by atoms with van der Waals surface area (Å²) in [6, 6.07) is 6.12. The van der Waals surface area contributed by atoms with Crippen molar-refractivity contribution >= 4 is 11.9 Å². The van der Waals surface area contributed by atoms with Crippen LogP contribution in [0.15, 0.2) is 24.4 Å². The van der Waals surface area contributed by atoms with Gasteiger partial charge in [0.25, 0.3) is 0 Å². The minimum atomic E-state index is -5.08. The molecule has 150 valence electrons. The lowest BCUT2D eigenvalue weighted by Crippen LogP contribution is -2.62. The summed E-state index contributed by atoms with van der Waals surface area (Å²) in [7, 11) is 0. The van der Waals surface area contributed by atoms with Crippen molar-refractivity contribution in [2.24, 2.45) is 0 Å². The predicted octanol–water partition coefficient (Wildman–Crippen LogP) is 1.58. The van der Waals surface area contributed by atoms with Gasteiger partial charge in [-0.15, -0.1) is 0 Å². The Kier molecular flexibility index (Phi) is 6.77. The predicted molar refractivity (Wildman–Crippen MR) is 88.7 cm³/mol. The van der Waals surface area contributed by atoms with Crippen LogP contribution in [0.4, 0.5) is 13.2 Å². The minimum Gasteiger partial charge on any atom is -0.475 e. The van der Waals surface area contributed by atoms with Crippen molar-refractivity contribution in [1.82, 2.24) is 15.2 Å². The molecule has 1 aromatic heterocycles. The van der Waals surface area contributed by atoms with Gasteiger partial charge in [-0.25, -0.2) is 4.79 Å². The van der Waals surface area contributed by atoms with Crippen LogP contribution in [0.2, 0.25) is 0 Å². The van der Waals surface area contributed by atoms with E-state index in [2.05, 4.69) is 21.3 Å². The van der Waals surface area contributed by atoms with Crippen molar-refractivity contribution in [3.05, 3.63) is 30.1 Å².